The van der Waals surface area contributed by atoms with E-state index in [2.05, 4.69) is 5.32 Å². The number of aliphatic hydroxyl groups excluding tert-OH is 1. The summed E-state index contributed by atoms with van der Waals surface area (Å²) in [5, 5.41) is 12.6. The standard InChI is InChI=1S/C13H21ClN2O2/c1-4-13(3,6-7-17)15-12(18)11-8-10(14)9-16(11)5-2/h8-9,17H,4-7H2,1-3H3,(H,15,18). The molecule has 1 aromatic heterocycles. The number of halogens is 1. The molecule has 1 unspecified atom stereocenters. The highest BCUT2D eigenvalue weighted by molar-refractivity contribution is 6.31. The largest absolute Gasteiger partial charge is 0.396 e. The van der Waals surface area contributed by atoms with Crippen LogP contribution in [0.4, 0.5) is 0 Å². The predicted octanol–water partition coefficient (Wildman–Crippen LogP) is 2.44. The van der Waals surface area contributed by atoms with Crippen LogP contribution in [0.2, 0.25) is 5.02 Å². The first-order chi connectivity index (χ1) is 8.45. The van der Waals surface area contributed by atoms with Gasteiger partial charge in [-0.15, -0.1) is 0 Å². The molecule has 0 radical (unpaired) electrons. The summed E-state index contributed by atoms with van der Waals surface area (Å²) in [4.78, 5) is 12.2. The summed E-state index contributed by atoms with van der Waals surface area (Å²) in [5.74, 6) is -0.151. The predicted molar refractivity (Wildman–Crippen MR) is 73.0 cm³/mol. The quantitative estimate of drug-likeness (QED) is 0.836. The molecule has 1 aromatic rings. The molecule has 0 aliphatic carbocycles. The van der Waals surface area contributed by atoms with Gasteiger partial charge < -0.3 is 15.0 Å². The van der Waals surface area contributed by atoms with Gasteiger partial charge in [-0.2, -0.15) is 0 Å². The van der Waals surface area contributed by atoms with Crippen molar-refractivity contribution in [2.24, 2.45) is 0 Å². The molecule has 1 atom stereocenters. The molecule has 1 amide bonds. The van der Waals surface area contributed by atoms with Gasteiger partial charge in [0.25, 0.3) is 5.91 Å². The van der Waals surface area contributed by atoms with E-state index < -0.39 is 0 Å². The summed E-state index contributed by atoms with van der Waals surface area (Å²) in [6, 6.07) is 1.66. The summed E-state index contributed by atoms with van der Waals surface area (Å²) >= 11 is 5.91. The van der Waals surface area contributed by atoms with Crippen LogP contribution < -0.4 is 5.32 Å². The highest BCUT2D eigenvalue weighted by Gasteiger charge is 2.25. The van der Waals surface area contributed by atoms with E-state index >= 15 is 0 Å². The van der Waals surface area contributed by atoms with Crippen molar-refractivity contribution < 1.29 is 9.90 Å². The Morgan fingerprint density at radius 1 is 1.56 bits per heavy atom. The summed E-state index contributed by atoms with van der Waals surface area (Å²) in [6.07, 6.45) is 3.04. The zero-order chi connectivity index (χ0) is 13.8. The molecule has 0 aliphatic rings. The molecular weight excluding hydrogens is 252 g/mol. The van der Waals surface area contributed by atoms with Crippen LogP contribution in [0.3, 0.4) is 0 Å². The van der Waals surface area contributed by atoms with Crippen LogP contribution in [0, 0.1) is 0 Å². The number of rotatable bonds is 6. The third-order valence-corrected chi connectivity index (χ3v) is 3.50. The highest BCUT2D eigenvalue weighted by Crippen LogP contribution is 2.18. The van der Waals surface area contributed by atoms with Crippen molar-refractivity contribution in [3.05, 3.63) is 23.0 Å². The van der Waals surface area contributed by atoms with Gasteiger partial charge in [0.15, 0.2) is 0 Å². The molecule has 0 bridgehead atoms. The summed E-state index contributed by atoms with van der Waals surface area (Å²) < 4.78 is 1.81. The molecule has 0 aromatic carbocycles. The minimum atomic E-state index is -0.388. The normalized spacial score (nSPS) is 14.3. The molecule has 1 rings (SSSR count). The summed E-state index contributed by atoms with van der Waals surface area (Å²) in [6.45, 7) is 6.63. The molecule has 4 nitrogen and oxygen atoms in total. The maximum absolute atomic E-state index is 12.2. The number of aliphatic hydroxyl groups is 1. The monoisotopic (exact) mass is 272 g/mol. The number of carbonyl (C=O) groups is 1. The smallest absolute Gasteiger partial charge is 0.268 e. The first-order valence-electron chi connectivity index (χ1n) is 6.24. The lowest BCUT2D eigenvalue weighted by molar-refractivity contribution is 0.0876. The molecule has 18 heavy (non-hydrogen) atoms. The van der Waals surface area contributed by atoms with Crippen LogP contribution in [0.5, 0.6) is 0 Å². The van der Waals surface area contributed by atoms with Crippen LogP contribution in [-0.2, 0) is 6.54 Å². The maximum atomic E-state index is 12.2. The Morgan fingerprint density at radius 2 is 2.22 bits per heavy atom. The van der Waals surface area contributed by atoms with Gasteiger partial charge in [-0.05, 0) is 32.8 Å². The number of aryl methyl sites for hydroxylation is 1. The van der Waals surface area contributed by atoms with E-state index in [0.29, 0.717) is 23.7 Å². The van der Waals surface area contributed by atoms with E-state index in [1.807, 2.05) is 25.3 Å². The van der Waals surface area contributed by atoms with Crippen molar-refractivity contribution in [1.29, 1.82) is 0 Å². The van der Waals surface area contributed by atoms with Crippen molar-refractivity contribution in [2.75, 3.05) is 6.61 Å². The van der Waals surface area contributed by atoms with Crippen LogP contribution in [0.1, 0.15) is 44.1 Å². The number of carbonyl (C=O) groups excluding carboxylic acids is 1. The Kier molecular flexibility index (Phi) is 5.23. The summed E-state index contributed by atoms with van der Waals surface area (Å²) in [5.41, 5.74) is 0.168. The van der Waals surface area contributed by atoms with Crippen molar-refractivity contribution in [3.63, 3.8) is 0 Å². The van der Waals surface area contributed by atoms with E-state index in [4.69, 9.17) is 16.7 Å². The van der Waals surface area contributed by atoms with Gasteiger partial charge >= 0.3 is 0 Å². The fourth-order valence-electron chi connectivity index (χ4n) is 1.84. The van der Waals surface area contributed by atoms with Crippen molar-refractivity contribution in [2.45, 2.75) is 45.7 Å². The number of nitrogens with one attached hydrogen (secondary N) is 1. The average Bonchev–Trinajstić information content (AvgIpc) is 2.71. The van der Waals surface area contributed by atoms with Gasteiger partial charge in [-0.1, -0.05) is 18.5 Å². The number of amides is 1. The maximum Gasteiger partial charge on any atom is 0.268 e. The molecule has 1 heterocycles. The minimum Gasteiger partial charge on any atom is -0.396 e. The number of aromatic nitrogens is 1. The third-order valence-electron chi connectivity index (χ3n) is 3.30. The molecule has 102 valence electrons. The van der Waals surface area contributed by atoms with E-state index in [0.717, 1.165) is 6.42 Å². The Hall–Kier alpha value is -1.00. The molecular formula is C13H21ClN2O2. The Morgan fingerprint density at radius 3 is 2.72 bits per heavy atom. The van der Waals surface area contributed by atoms with Gasteiger partial charge in [0, 0.05) is 24.9 Å². The van der Waals surface area contributed by atoms with Crippen LogP contribution in [0.15, 0.2) is 12.3 Å². The zero-order valence-electron chi connectivity index (χ0n) is 11.2. The van der Waals surface area contributed by atoms with Gasteiger partial charge in [0.05, 0.1) is 5.02 Å². The molecule has 0 aliphatic heterocycles. The SMILES string of the molecule is CCn1cc(Cl)cc1C(=O)NC(C)(CC)CCO. The van der Waals surface area contributed by atoms with E-state index in [1.165, 1.54) is 0 Å². The first-order valence-corrected chi connectivity index (χ1v) is 6.62. The second-order valence-corrected chi connectivity index (χ2v) is 5.11. The molecule has 0 spiro atoms. The minimum absolute atomic E-state index is 0.0557. The molecule has 5 heteroatoms. The topological polar surface area (TPSA) is 54.3 Å². The molecule has 0 saturated carbocycles. The summed E-state index contributed by atoms with van der Waals surface area (Å²) in [7, 11) is 0. The Labute approximate surface area is 113 Å². The van der Waals surface area contributed by atoms with Gasteiger partial charge in [-0.25, -0.2) is 0 Å². The van der Waals surface area contributed by atoms with Crippen molar-refractivity contribution in [1.82, 2.24) is 9.88 Å². The lowest BCUT2D eigenvalue weighted by atomic mass is 9.95. The van der Waals surface area contributed by atoms with Gasteiger partial charge in [-0.3, -0.25) is 4.79 Å². The lowest BCUT2D eigenvalue weighted by Crippen LogP contribution is -2.46. The van der Waals surface area contributed by atoms with Crippen LogP contribution in [0.25, 0.3) is 0 Å². The molecule has 2 N–H and O–H groups in total. The fourth-order valence-corrected chi connectivity index (χ4v) is 2.06. The number of nitrogens with zero attached hydrogens (tertiary/aromatic N) is 1. The van der Waals surface area contributed by atoms with Crippen LogP contribution in [-0.4, -0.2) is 27.7 Å². The second-order valence-electron chi connectivity index (χ2n) is 4.67. The van der Waals surface area contributed by atoms with Gasteiger partial charge in [0.2, 0.25) is 0 Å². The molecule has 0 saturated heterocycles. The Balaban J connectivity index is 2.87. The number of hydrogen-bond acceptors (Lipinski definition) is 2. The van der Waals surface area contributed by atoms with Crippen molar-refractivity contribution >= 4 is 17.5 Å². The van der Waals surface area contributed by atoms with Crippen molar-refractivity contribution in [3.8, 4) is 0 Å². The lowest BCUT2D eigenvalue weighted by Gasteiger charge is -2.29. The van der Waals surface area contributed by atoms with E-state index in [-0.39, 0.29) is 18.1 Å². The highest BCUT2D eigenvalue weighted by atomic mass is 35.5. The number of hydrogen-bond donors (Lipinski definition) is 2. The average molecular weight is 273 g/mol. The van der Waals surface area contributed by atoms with Gasteiger partial charge in [0.1, 0.15) is 5.69 Å². The van der Waals surface area contributed by atoms with E-state index in [1.54, 1.807) is 12.3 Å². The zero-order valence-corrected chi connectivity index (χ0v) is 11.9. The molecule has 0 fully saturated rings. The van der Waals surface area contributed by atoms with E-state index in [9.17, 15) is 4.79 Å². The Bertz CT molecular complexity index is 417. The first kappa shape index (κ1) is 15.1. The second kappa shape index (κ2) is 6.25. The third kappa shape index (κ3) is 3.50. The fraction of sp³-hybridized carbons (Fsp3) is 0.615. The van der Waals surface area contributed by atoms with Crippen LogP contribution >= 0.6 is 11.6 Å².